The number of benzene rings is 1. The van der Waals surface area contributed by atoms with Crippen molar-refractivity contribution in [2.45, 2.75) is 25.4 Å². The Bertz CT molecular complexity index is 318. The second kappa shape index (κ2) is 6.43. The molecule has 0 fully saturated rings. The molecule has 0 amide bonds. The Labute approximate surface area is 106 Å². The van der Waals surface area contributed by atoms with Crippen LogP contribution in [-0.2, 0) is 6.54 Å². The molecule has 1 N–H and O–H groups in total. The van der Waals surface area contributed by atoms with Gasteiger partial charge in [-0.15, -0.1) is 23.2 Å². The van der Waals surface area contributed by atoms with Crippen molar-refractivity contribution >= 4 is 23.2 Å². The summed E-state index contributed by atoms with van der Waals surface area (Å²) in [5.41, 5.74) is 0.321. The maximum Gasteiger partial charge on any atom is 0.127 e. The van der Waals surface area contributed by atoms with Crippen LogP contribution in [0.15, 0.2) is 24.3 Å². The number of hydrogen-bond acceptors (Lipinski definition) is 1. The maximum atomic E-state index is 13.4. The fourth-order valence-electron chi connectivity index (χ4n) is 1.37. The average molecular weight is 264 g/mol. The van der Waals surface area contributed by atoms with Crippen molar-refractivity contribution in [3.05, 3.63) is 35.6 Å². The number of hydrogen-bond donors (Lipinski definition) is 1. The highest BCUT2D eigenvalue weighted by Gasteiger charge is 2.25. The molecule has 0 aliphatic heterocycles. The minimum absolute atomic E-state index is 0.204. The SMILES string of the molecule is CCC(CCl)(CCl)NCc1ccccc1F. The Morgan fingerprint density at radius 1 is 1.25 bits per heavy atom. The van der Waals surface area contributed by atoms with Gasteiger partial charge in [-0.3, -0.25) is 0 Å². The Morgan fingerprint density at radius 2 is 1.88 bits per heavy atom. The van der Waals surface area contributed by atoms with Gasteiger partial charge in [-0.1, -0.05) is 25.1 Å². The van der Waals surface area contributed by atoms with Crippen molar-refractivity contribution in [1.82, 2.24) is 5.32 Å². The lowest BCUT2D eigenvalue weighted by Gasteiger charge is -2.29. The fraction of sp³-hybridized carbons (Fsp3) is 0.500. The Morgan fingerprint density at radius 3 is 2.38 bits per heavy atom. The summed E-state index contributed by atoms with van der Waals surface area (Å²) < 4.78 is 13.4. The van der Waals surface area contributed by atoms with Gasteiger partial charge >= 0.3 is 0 Å². The van der Waals surface area contributed by atoms with Crippen molar-refractivity contribution < 1.29 is 4.39 Å². The molecule has 1 aromatic rings. The number of rotatable bonds is 6. The van der Waals surface area contributed by atoms with Gasteiger partial charge in [0.2, 0.25) is 0 Å². The van der Waals surface area contributed by atoms with Crippen molar-refractivity contribution in [3.63, 3.8) is 0 Å². The molecule has 0 bridgehead atoms. The summed E-state index contributed by atoms with van der Waals surface area (Å²) in [7, 11) is 0. The first-order valence-corrected chi connectivity index (χ1v) is 6.34. The Kier molecular flexibility index (Phi) is 5.53. The van der Waals surface area contributed by atoms with Gasteiger partial charge in [0.1, 0.15) is 5.82 Å². The third-order valence-electron chi connectivity index (χ3n) is 2.80. The minimum atomic E-state index is -0.314. The zero-order chi connectivity index (χ0) is 12.0. The number of nitrogens with one attached hydrogen (secondary N) is 1. The topological polar surface area (TPSA) is 12.0 Å². The third kappa shape index (κ3) is 3.34. The third-order valence-corrected chi connectivity index (χ3v) is 3.82. The van der Waals surface area contributed by atoms with E-state index in [0.29, 0.717) is 23.9 Å². The van der Waals surface area contributed by atoms with Crippen LogP contribution in [0.3, 0.4) is 0 Å². The molecule has 0 spiro atoms. The Balaban J connectivity index is 2.66. The summed E-state index contributed by atoms with van der Waals surface area (Å²) >= 11 is 11.8. The molecular formula is C12H16Cl2FN. The van der Waals surface area contributed by atoms with Gasteiger partial charge in [0, 0.05) is 29.4 Å². The molecular weight excluding hydrogens is 248 g/mol. The van der Waals surface area contributed by atoms with Gasteiger partial charge < -0.3 is 5.32 Å². The molecule has 1 nitrogen and oxygen atoms in total. The van der Waals surface area contributed by atoms with Crippen LogP contribution < -0.4 is 5.32 Å². The predicted octanol–water partition coefficient (Wildman–Crippen LogP) is 3.54. The molecule has 0 saturated carbocycles. The van der Waals surface area contributed by atoms with Crippen molar-refractivity contribution in [2.75, 3.05) is 11.8 Å². The van der Waals surface area contributed by atoms with E-state index in [1.54, 1.807) is 12.1 Å². The van der Waals surface area contributed by atoms with Gasteiger partial charge in [-0.25, -0.2) is 4.39 Å². The lowest BCUT2D eigenvalue weighted by Crippen LogP contribution is -2.48. The first-order valence-electron chi connectivity index (χ1n) is 5.28. The van der Waals surface area contributed by atoms with E-state index < -0.39 is 0 Å². The molecule has 16 heavy (non-hydrogen) atoms. The van der Waals surface area contributed by atoms with E-state index in [0.717, 1.165) is 6.42 Å². The van der Waals surface area contributed by atoms with Gasteiger partial charge in [0.05, 0.1) is 0 Å². The predicted molar refractivity (Wildman–Crippen MR) is 67.7 cm³/mol. The van der Waals surface area contributed by atoms with Crippen molar-refractivity contribution in [2.24, 2.45) is 0 Å². The molecule has 90 valence electrons. The van der Waals surface area contributed by atoms with Gasteiger partial charge in [-0.05, 0) is 12.5 Å². The zero-order valence-electron chi connectivity index (χ0n) is 9.27. The first-order chi connectivity index (χ1) is 7.67. The molecule has 0 unspecified atom stereocenters. The summed E-state index contributed by atoms with van der Waals surface area (Å²) in [6.07, 6.45) is 0.814. The molecule has 0 aliphatic rings. The van der Waals surface area contributed by atoms with E-state index in [9.17, 15) is 4.39 Å². The van der Waals surface area contributed by atoms with E-state index in [-0.39, 0.29) is 11.4 Å². The summed E-state index contributed by atoms with van der Waals surface area (Å²) in [6.45, 7) is 2.46. The molecule has 0 radical (unpaired) electrons. The fourth-order valence-corrected chi connectivity index (χ4v) is 2.22. The van der Waals surface area contributed by atoms with E-state index >= 15 is 0 Å². The standard InChI is InChI=1S/C12H16Cl2FN/c1-2-12(8-13,9-14)16-7-10-5-3-4-6-11(10)15/h3-6,16H,2,7-9H2,1H3. The molecule has 0 heterocycles. The highest BCUT2D eigenvalue weighted by molar-refractivity contribution is 6.22. The van der Waals surface area contributed by atoms with Crippen LogP contribution in [0.2, 0.25) is 0 Å². The lowest BCUT2D eigenvalue weighted by atomic mass is 10.0. The molecule has 0 atom stereocenters. The van der Waals surface area contributed by atoms with Crippen LogP contribution in [0.1, 0.15) is 18.9 Å². The molecule has 0 aliphatic carbocycles. The Hall–Kier alpha value is -0.310. The van der Waals surface area contributed by atoms with E-state index in [2.05, 4.69) is 5.32 Å². The minimum Gasteiger partial charge on any atom is -0.305 e. The zero-order valence-corrected chi connectivity index (χ0v) is 10.8. The van der Waals surface area contributed by atoms with Gasteiger partial charge in [-0.2, -0.15) is 0 Å². The van der Waals surface area contributed by atoms with Crippen molar-refractivity contribution in [1.29, 1.82) is 0 Å². The monoisotopic (exact) mass is 263 g/mol. The smallest absolute Gasteiger partial charge is 0.127 e. The van der Waals surface area contributed by atoms with E-state index in [1.165, 1.54) is 6.07 Å². The second-order valence-electron chi connectivity index (χ2n) is 3.85. The van der Waals surface area contributed by atoms with Gasteiger partial charge in [0.15, 0.2) is 0 Å². The van der Waals surface area contributed by atoms with E-state index in [4.69, 9.17) is 23.2 Å². The van der Waals surface area contributed by atoms with Crippen LogP contribution >= 0.6 is 23.2 Å². The van der Waals surface area contributed by atoms with Crippen LogP contribution in [0.4, 0.5) is 4.39 Å². The number of halogens is 3. The van der Waals surface area contributed by atoms with E-state index in [1.807, 2.05) is 13.0 Å². The summed E-state index contributed by atoms with van der Waals surface area (Å²) in [6, 6.07) is 6.70. The molecule has 0 aromatic heterocycles. The molecule has 0 saturated heterocycles. The summed E-state index contributed by atoms with van der Waals surface area (Å²) in [5, 5.41) is 3.24. The summed E-state index contributed by atoms with van der Waals surface area (Å²) in [4.78, 5) is 0. The highest BCUT2D eigenvalue weighted by Crippen LogP contribution is 2.16. The largest absolute Gasteiger partial charge is 0.305 e. The van der Waals surface area contributed by atoms with Crippen LogP contribution in [-0.4, -0.2) is 17.3 Å². The lowest BCUT2D eigenvalue weighted by molar-refractivity contribution is 0.381. The summed E-state index contributed by atoms with van der Waals surface area (Å²) in [5.74, 6) is 0.632. The normalized spacial score (nSPS) is 11.8. The number of alkyl halides is 2. The maximum absolute atomic E-state index is 13.4. The molecule has 4 heteroatoms. The highest BCUT2D eigenvalue weighted by atomic mass is 35.5. The van der Waals surface area contributed by atoms with Crippen LogP contribution in [0, 0.1) is 5.82 Å². The molecule has 1 rings (SSSR count). The van der Waals surface area contributed by atoms with Crippen molar-refractivity contribution in [3.8, 4) is 0 Å². The first kappa shape index (κ1) is 13.8. The average Bonchev–Trinajstić information content (AvgIpc) is 2.34. The van der Waals surface area contributed by atoms with Crippen LogP contribution in [0.25, 0.3) is 0 Å². The second-order valence-corrected chi connectivity index (χ2v) is 4.38. The molecule has 1 aromatic carbocycles. The van der Waals surface area contributed by atoms with Gasteiger partial charge in [0.25, 0.3) is 0 Å². The van der Waals surface area contributed by atoms with Crippen LogP contribution in [0.5, 0.6) is 0 Å². The quantitative estimate of drug-likeness (QED) is 0.775.